The third-order valence-corrected chi connectivity index (χ3v) is 6.91. The number of rotatable bonds is 6. The smallest absolute Gasteiger partial charge is 0.255 e. The van der Waals surface area contributed by atoms with Crippen LogP contribution in [-0.4, -0.2) is 33.6 Å². The Hall–Kier alpha value is -2.85. The number of carbonyl (C=O) groups excluding carboxylic acids is 1. The lowest BCUT2D eigenvalue weighted by Gasteiger charge is -2.26. The van der Waals surface area contributed by atoms with Crippen molar-refractivity contribution in [2.75, 3.05) is 18.5 Å². The van der Waals surface area contributed by atoms with E-state index in [-0.39, 0.29) is 23.7 Å². The molecule has 0 radical (unpaired) electrons. The highest BCUT2D eigenvalue weighted by Crippen LogP contribution is 2.31. The van der Waals surface area contributed by atoms with Crippen LogP contribution in [0.15, 0.2) is 65.6 Å². The van der Waals surface area contributed by atoms with Gasteiger partial charge in [-0.05, 0) is 48.5 Å². The van der Waals surface area contributed by atoms with Gasteiger partial charge in [-0.3, -0.25) is 4.79 Å². The van der Waals surface area contributed by atoms with Crippen LogP contribution in [0, 0.1) is 5.82 Å². The zero-order chi connectivity index (χ0) is 23.6. The fraction of sp³-hybridized carbons (Fsp3) is 0.136. The van der Waals surface area contributed by atoms with E-state index in [0.29, 0.717) is 22.2 Å². The lowest BCUT2D eigenvalue weighted by Crippen LogP contribution is -2.40. The summed E-state index contributed by atoms with van der Waals surface area (Å²) >= 11 is 11.8. The number of hydrogen-bond acceptors (Lipinski definition) is 5. The van der Waals surface area contributed by atoms with Crippen molar-refractivity contribution in [3.63, 3.8) is 0 Å². The summed E-state index contributed by atoms with van der Waals surface area (Å²) in [5.74, 6) is -0.603. The number of hydrogen-bond donors (Lipinski definition) is 2. The van der Waals surface area contributed by atoms with E-state index < -0.39 is 32.7 Å². The summed E-state index contributed by atoms with van der Waals surface area (Å²) in [6.07, 6.45) is -0.612. The Labute approximate surface area is 199 Å². The molecule has 0 saturated heterocycles. The summed E-state index contributed by atoms with van der Waals surface area (Å²) in [6, 6.07) is 14.5. The minimum absolute atomic E-state index is 0.0611. The molecule has 3 aromatic carbocycles. The van der Waals surface area contributed by atoms with Gasteiger partial charge in [0.15, 0.2) is 11.5 Å². The Morgan fingerprint density at radius 2 is 1.79 bits per heavy atom. The average Bonchev–Trinajstić information content (AvgIpc) is 2.80. The van der Waals surface area contributed by atoms with Crippen LogP contribution in [0.1, 0.15) is 10.4 Å². The molecule has 11 heteroatoms. The van der Waals surface area contributed by atoms with Crippen LogP contribution in [0.4, 0.5) is 10.1 Å². The minimum Gasteiger partial charge on any atom is -0.486 e. The largest absolute Gasteiger partial charge is 0.486 e. The highest BCUT2D eigenvalue weighted by Gasteiger charge is 2.26. The quantitative estimate of drug-likeness (QED) is 0.509. The zero-order valence-electron chi connectivity index (χ0n) is 16.8. The molecule has 1 heterocycles. The van der Waals surface area contributed by atoms with Crippen molar-refractivity contribution in [1.82, 2.24) is 4.72 Å². The molecule has 7 nitrogen and oxygen atoms in total. The molecule has 3 aromatic rings. The van der Waals surface area contributed by atoms with Crippen molar-refractivity contribution in [2.24, 2.45) is 0 Å². The number of para-hydroxylation sites is 2. The highest BCUT2D eigenvalue weighted by atomic mass is 35.5. The minimum atomic E-state index is -4.29. The molecule has 172 valence electrons. The first kappa shape index (κ1) is 23.3. The van der Waals surface area contributed by atoms with Gasteiger partial charge in [0, 0.05) is 11.3 Å². The molecule has 0 spiro atoms. The Morgan fingerprint density at radius 1 is 1.03 bits per heavy atom. The van der Waals surface area contributed by atoms with Crippen molar-refractivity contribution in [2.45, 2.75) is 11.0 Å². The van der Waals surface area contributed by atoms with E-state index in [2.05, 4.69) is 10.0 Å². The average molecular weight is 511 g/mol. The van der Waals surface area contributed by atoms with Gasteiger partial charge in [-0.15, -0.1) is 0 Å². The van der Waals surface area contributed by atoms with Gasteiger partial charge in [0.2, 0.25) is 10.0 Å². The van der Waals surface area contributed by atoms with E-state index in [9.17, 15) is 17.6 Å². The van der Waals surface area contributed by atoms with Crippen molar-refractivity contribution in [3.05, 3.63) is 82.1 Å². The predicted octanol–water partition coefficient (Wildman–Crippen LogP) is 4.50. The number of anilines is 1. The van der Waals surface area contributed by atoms with E-state index in [0.717, 1.165) is 12.1 Å². The van der Waals surface area contributed by atoms with Crippen molar-refractivity contribution in [3.8, 4) is 11.5 Å². The first-order chi connectivity index (χ1) is 15.7. The summed E-state index contributed by atoms with van der Waals surface area (Å²) in [5.41, 5.74) is 0.282. The number of benzene rings is 3. The predicted molar refractivity (Wildman–Crippen MR) is 122 cm³/mol. The third-order valence-electron chi connectivity index (χ3n) is 4.73. The topological polar surface area (TPSA) is 93.7 Å². The molecule has 0 aromatic heterocycles. The summed E-state index contributed by atoms with van der Waals surface area (Å²) in [4.78, 5) is 11.9. The van der Waals surface area contributed by atoms with Gasteiger partial charge in [-0.1, -0.05) is 35.3 Å². The van der Waals surface area contributed by atoms with Gasteiger partial charge in [0.05, 0.1) is 16.6 Å². The van der Waals surface area contributed by atoms with E-state index in [4.69, 9.17) is 32.7 Å². The maximum atomic E-state index is 14.4. The summed E-state index contributed by atoms with van der Waals surface area (Å²) in [5, 5.41) is 3.11. The Bertz CT molecular complexity index is 1320. The van der Waals surface area contributed by atoms with E-state index >= 15 is 0 Å². The lowest BCUT2D eigenvalue weighted by molar-refractivity contribution is 0.0943. The molecule has 1 aliphatic heterocycles. The zero-order valence-corrected chi connectivity index (χ0v) is 19.2. The number of halogens is 3. The molecule has 0 fully saturated rings. The fourth-order valence-corrected chi connectivity index (χ4v) is 4.54. The maximum Gasteiger partial charge on any atom is 0.255 e. The Morgan fingerprint density at radius 3 is 2.55 bits per heavy atom. The second kappa shape index (κ2) is 9.56. The number of sulfonamides is 1. The second-order valence-electron chi connectivity index (χ2n) is 7.08. The van der Waals surface area contributed by atoms with E-state index in [1.165, 1.54) is 24.3 Å². The Kier molecular flexibility index (Phi) is 6.76. The molecular weight excluding hydrogens is 494 g/mol. The number of nitrogens with one attached hydrogen (secondary N) is 2. The molecule has 1 atom stereocenters. The van der Waals surface area contributed by atoms with Crippen molar-refractivity contribution < 1.29 is 27.1 Å². The molecule has 4 rings (SSSR count). The van der Waals surface area contributed by atoms with Gasteiger partial charge >= 0.3 is 0 Å². The van der Waals surface area contributed by atoms with E-state index in [1.54, 1.807) is 24.3 Å². The number of ether oxygens (including phenoxy) is 2. The van der Waals surface area contributed by atoms with Crippen LogP contribution in [0.3, 0.4) is 0 Å². The van der Waals surface area contributed by atoms with Crippen molar-refractivity contribution >= 4 is 44.8 Å². The normalized spacial score (nSPS) is 15.2. The number of carbonyl (C=O) groups is 1. The molecule has 33 heavy (non-hydrogen) atoms. The van der Waals surface area contributed by atoms with Crippen LogP contribution in [-0.2, 0) is 10.0 Å². The molecular formula is C22H17Cl2FN2O5S. The van der Waals surface area contributed by atoms with Gasteiger partial charge < -0.3 is 14.8 Å². The standard InChI is InChI=1S/C22H17Cl2FN2O5S/c23-16-7-6-14(10-17(16)24)27-22(28)13-5-8-18(25)21(9-13)33(29,30)26-11-15-12-31-19-3-1-2-4-20(19)32-15/h1-10,15,26H,11-12H2,(H,27,28). The molecule has 0 bridgehead atoms. The van der Waals surface area contributed by atoms with Crippen LogP contribution in [0.25, 0.3) is 0 Å². The van der Waals surface area contributed by atoms with E-state index in [1.807, 2.05) is 0 Å². The third kappa shape index (κ3) is 5.39. The fourth-order valence-electron chi connectivity index (χ4n) is 3.07. The number of fused-ring (bicyclic) bond motifs is 1. The Balaban J connectivity index is 1.47. The molecule has 1 amide bonds. The molecule has 1 aliphatic rings. The van der Waals surface area contributed by atoms with Crippen LogP contribution in [0.2, 0.25) is 10.0 Å². The molecule has 2 N–H and O–H groups in total. The molecule has 0 aliphatic carbocycles. The monoisotopic (exact) mass is 510 g/mol. The lowest BCUT2D eigenvalue weighted by atomic mass is 10.2. The first-order valence-electron chi connectivity index (χ1n) is 9.67. The highest BCUT2D eigenvalue weighted by molar-refractivity contribution is 7.89. The van der Waals surface area contributed by atoms with Gasteiger partial charge in [-0.2, -0.15) is 0 Å². The molecule has 0 saturated carbocycles. The summed E-state index contributed by atoms with van der Waals surface area (Å²) < 4.78 is 53.4. The van der Waals surface area contributed by atoms with Crippen molar-refractivity contribution in [1.29, 1.82) is 0 Å². The SMILES string of the molecule is O=C(Nc1ccc(Cl)c(Cl)c1)c1ccc(F)c(S(=O)(=O)NCC2COc3ccccc3O2)c1. The molecule has 1 unspecified atom stereocenters. The first-order valence-corrected chi connectivity index (χ1v) is 11.9. The summed E-state index contributed by atoms with van der Waals surface area (Å²) in [6.45, 7) is -0.0378. The maximum absolute atomic E-state index is 14.4. The van der Waals surface area contributed by atoms with Crippen LogP contribution >= 0.6 is 23.2 Å². The summed E-state index contributed by atoms with van der Waals surface area (Å²) in [7, 11) is -4.29. The van der Waals surface area contributed by atoms with Gasteiger partial charge in [-0.25, -0.2) is 17.5 Å². The number of amides is 1. The van der Waals surface area contributed by atoms with Crippen LogP contribution < -0.4 is 19.5 Å². The van der Waals surface area contributed by atoms with Gasteiger partial charge in [0.1, 0.15) is 23.4 Å². The van der Waals surface area contributed by atoms with Crippen LogP contribution in [0.5, 0.6) is 11.5 Å². The second-order valence-corrected chi connectivity index (χ2v) is 9.63. The van der Waals surface area contributed by atoms with Gasteiger partial charge in [0.25, 0.3) is 5.91 Å².